The SMILES string of the molecule is O=C(N/N=C\c1ccccc1)c1cnccn1. The van der Waals surface area contributed by atoms with E-state index in [-0.39, 0.29) is 11.6 Å². The van der Waals surface area contributed by atoms with Crippen LogP contribution in [0.15, 0.2) is 54.0 Å². The van der Waals surface area contributed by atoms with Gasteiger partial charge in [0.15, 0.2) is 0 Å². The summed E-state index contributed by atoms with van der Waals surface area (Å²) in [6.45, 7) is 0. The van der Waals surface area contributed by atoms with Gasteiger partial charge in [-0.2, -0.15) is 5.10 Å². The number of benzene rings is 1. The van der Waals surface area contributed by atoms with Gasteiger partial charge in [-0.3, -0.25) is 9.78 Å². The van der Waals surface area contributed by atoms with Crippen molar-refractivity contribution in [1.29, 1.82) is 0 Å². The molecule has 1 aromatic heterocycles. The topological polar surface area (TPSA) is 67.2 Å². The van der Waals surface area contributed by atoms with E-state index < -0.39 is 0 Å². The third-order valence-corrected chi connectivity index (χ3v) is 1.98. The summed E-state index contributed by atoms with van der Waals surface area (Å²) < 4.78 is 0. The number of hydrogen-bond acceptors (Lipinski definition) is 4. The highest BCUT2D eigenvalue weighted by Crippen LogP contribution is 1.94. The average molecular weight is 226 g/mol. The second-order valence-corrected chi connectivity index (χ2v) is 3.20. The van der Waals surface area contributed by atoms with E-state index in [1.807, 2.05) is 30.3 Å². The quantitative estimate of drug-likeness (QED) is 0.632. The standard InChI is InChI=1S/C12H10N4O/c17-12(11-9-13-6-7-14-11)16-15-8-10-4-2-1-3-5-10/h1-9H,(H,16,17)/b15-8-. The molecule has 84 valence electrons. The minimum atomic E-state index is -0.384. The summed E-state index contributed by atoms with van der Waals surface area (Å²) in [6.07, 6.45) is 5.90. The summed E-state index contributed by atoms with van der Waals surface area (Å²) in [5.74, 6) is -0.384. The van der Waals surface area contributed by atoms with Crippen molar-refractivity contribution in [3.63, 3.8) is 0 Å². The van der Waals surface area contributed by atoms with E-state index in [2.05, 4.69) is 20.5 Å². The zero-order valence-electron chi connectivity index (χ0n) is 8.95. The van der Waals surface area contributed by atoms with E-state index in [0.717, 1.165) is 5.56 Å². The maximum absolute atomic E-state index is 11.5. The zero-order valence-corrected chi connectivity index (χ0v) is 8.95. The van der Waals surface area contributed by atoms with E-state index >= 15 is 0 Å². The Labute approximate surface area is 98.2 Å². The summed E-state index contributed by atoms with van der Waals surface area (Å²) in [6, 6.07) is 9.48. The molecule has 2 aromatic rings. The van der Waals surface area contributed by atoms with Crippen molar-refractivity contribution in [2.24, 2.45) is 5.10 Å². The first kappa shape index (κ1) is 10.9. The number of nitrogens with zero attached hydrogens (tertiary/aromatic N) is 3. The fourth-order valence-corrected chi connectivity index (χ4v) is 1.18. The molecule has 17 heavy (non-hydrogen) atoms. The van der Waals surface area contributed by atoms with Crippen molar-refractivity contribution in [3.05, 3.63) is 60.2 Å². The summed E-state index contributed by atoms with van der Waals surface area (Å²) in [5, 5.41) is 3.83. The van der Waals surface area contributed by atoms with Gasteiger partial charge in [0.1, 0.15) is 5.69 Å². The third-order valence-electron chi connectivity index (χ3n) is 1.98. The van der Waals surface area contributed by atoms with Crippen LogP contribution in [0.5, 0.6) is 0 Å². The summed E-state index contributed by atoms with van der Waals surface area (Å²) in [5.41, 5.74) is 3.52. The number of amides is 1. The fraction of sp³-hybridized carbons (Fsp3) is 0. The van der Waals surface area contributed by atoms with Crippen LogP contribution in [0, 0.1) is 0 Å². The molecule has 0 bridgehead atoms. The smallest absolute Gasteiger partial charge is 0.265 e. The van der Waals surface area contributed by atoms with Gasteiger partial charge >= 0.3 is 0 Å². The molecular weight excluding hydrogens is 216 g/mol. The van der Waals surface area contributed by atoms with Crippen molar-refractivity contribution >= 4 is 12.1 Å². The van der Waals surface area contributed by atoms with Gasteiger partial charge in [0.2, 0.25) is 0 Å². The lowest BCUT2D eigenvalue weighted by Gasteiger charge is -1.97. The zero-order chi connectivity index (χ0) is 11.9. The Morgan fingerprint density at radius 3 is 2.76 bits per heavy atom. The molecule has 1 amide bonds. The second-order valence-electron chi connectivity index (χ2n) is 3.20. The Kier molecular flexibility index (Phi) is 3.54. The molecule has 0 aliphatic heterocycles. The van der Waals surface area contributed by atoms with E-state index in [0.29, 0.717) is 0 Å². The number of hydrazone groups is 1. The number of rotatable bonds is 3. The Balaban J connectivity index is 1.95. The number of aromatic nitrogens is 2. The first-order valence-corrected chi connectivity index (χ1v) is 5.01. The predicted molar refractivity (Wildman–Crippen MR) is 63.5 cm³/mol. The van der Waals surface area contributed by atoms with Crippen LogP contribution in [0.2, 0.25) is 0 Å². The summed E-state index contributed by atoms with van der Waals surface area (Å²) >= 11 is 0. The average Bonchev–Trinajstić information content (AvgIpc) is 2.41. The number of carbonyl (C=O) groups excluding carboxylic acids is 1. The van der Waals surface area contributed by atoms with Crippen molar-refractivity contribution in [3.8, 4) is 0 Å². The third kappa shape index (κ3) is 3.20. The Morgan fingerprint density at radius 2 is 2.06 bits per heavy atom. The van der Waals surface area contributed by atoms with Crippen LogP contribution in [0.4, 0.5) is 0 Å². The van der Waals surface area contributed by atoms with Gasteiger partial charge in [-0.25, -0.2) is 10.4 Å². The summed E-state index contributed by atoms with van der Waals surface area (Å²) in [4.78, 5) is 19.2. The van der Waals surface area contributed by atoms with Crippen LogP contribution >= 0.6 is 0 Å². The maximum Gasteiger partial charge on any atom is 0.291 e. The highest BCUT2D eigenvalue weighted by Gasteiger charge is 2.03. The molecule has 0 saturated carbocycles. The van der Waals surface area contributed by atoms with Crippen LogP contribution in [-0.2, 0) is 0 Å². The van der Waals surface area contributed by atoms with Crippen molar-refractivity contribution in [1.82, 2.24) is 15.4 Å². The van der Waals surface area contributed by atoms with Gasteiger partial charge < -0.3 is 0 Å². The lowest BCUT2D eigenvalue weighted by Crippen LogP contribution is -2.19. The van der Waals surface area contributed by atoms with Gasteiger partial charge in [0, 0.05) is 12.4 Å². The van der Waals surface area contributed by atoms with Crippen molar-refractivity contribution < 1.29 is 4.79 Å². The molecule has 0 radical (unpaired) electrons. The molecule has 0 spiro atoms. The molecule has 0 fully saturated rings. The fourth-order valence-electron chi connectivity index (χ4n) is 1.18. The molecule has 1 aromatic carbocycles. The van der Waals surface area contributed by atoms with Gasteiger partial charge in [0.25, 0.3) is 5.91 Å². The minimum Gasteiger partial charge on any atom is -0.265 e. The molecule has 5 nitrogen and oxygen atoms in total. The van der Waals surface area contributed by atoms with E-state index in [1.54, 1.807) is 6.21 Å². The molecule has 1 heterocycles. The second kappa shape index (κ2) is 5.50. The first-order valence-electron chi connectivity index (χ1n) is 5.01. The largest absolute Gasteiger partial charge is 0.291 e. The molecule has 0 unspecified atom stereocenters. The van der Waals surface area contributed by atoms with Crippen LogP contribution in [0.3, 0.4) is 0 Å². The van der Waals surface area contributed by atoms with Crippen LogP contribution < -0.4 is 5.43 Å². The van der Waals surface area contributed by atoms with E-state index in [9.17, 15) is 4.79 Å². The molecule has 5 heteroatoms. The monoisotopic (exact) mass is 226 g/mol. The first-order chi connectivity index (χ1) is 8.36. The highest BCUT2D eigenvalue weighted by atomic mass is 16.2. The maximum atomic E-state index is 11.5. The number of carbonyl (C=O) groups is 1. The molecule has 2 rings (SSSR count). The molecular formula is C12H10N4O. The van der Waals surface area contributed by atoms with Crippen LogP contribution in [0.1, 0.15) is 16.1 Å². The molecule has 1 N–H and O–H groups in total. The van der Waals surface area contributed by atoms with Gasteiger partial charge in [-0.05, 0) is 5.56 Å². The molecule has 0 aliphatic rings. The Hall–Kier alpha value is -2.56. The van der Waals surface area contributed by atoms with Crippen molar-refractivity contribution in [2.75, 3.05) is 0 Å². The predicted octanol–water partition coefficient (Wildman–Crippen LogP) is 1.24. The van der Waals surface area contributed by atoms with Crippen LogP contribution in [0.25, 0.3) is 0 Å². The number of hydrogen-bond donors (Lipinski definition) is 1. The van der Waals surface area contributed by atoms with Gasteiger partial charge in [-0.1, -0.05) is 30.3 Å². The molecule has 0 saturated heterocycles. The van der Waals surface area contributed by atoms with Gasteiger partial charge in [0.05, 0.1) is 12.4 Å². The van der Waals surface area contributed by atoms with Crippen molar-refractivity contribution in [2.45, 2.75) is 0 Å². The minimum absolute atomic E-state index is 0.234. The van der Waals surface area contributed by atoms with Crippen LogP contribution in [-0.4, -0.2) is 22.1 Å². The summed E-state index contributed by atoms with van der Waals surface area (Å²) in [7, 11) is 0. The highest BCUT2D eigenvalue weighted by molar-refractivity contribution is 5.92. The lowest BCUT2D eigenvalue weighted by molar-refractivity contribution is 0.0950. The Morgan fingerprint density at radius 1 is 1.24 bits per heavy atom. The van der Waals surface area contributed by atoms with E-state index in [4.69, 9.17) is 0 Å². The molecule has 0 aliphatic carbocycles. The van der Waals surface area contributed by atoms with Gasteiger partial charge in [-0.15, -0.1) is 0 Å². The lowest BCUT2D eigenvalue weighted by atomic mass is 10.2. The molecule has 0 atom stereocenters. The normalized spacial score (nSPS) is 10.4. The van der Waals surface area contributed by atoms with E-state index in [1.165, 1.54) is 18.6 Å². The number of nitrogens with one attached hydrogen (secondary N) is 1. The Bertz CT molecular complexity index is 511.